The first kappa shape index (κ1) is 12.7. The van der Waals surface area contributed by atoms with Crippen LogP contribution in [0.1, 0.15) is 0 Å². The van der Waals surface area contributed by atoms with E-state index in [1.54, 1.807) is 6.07 Å². The molecule has 0 saturated heterocycles. The third-order valence-electron chi connectivity index (χ3n) is 1.97. The average Bonchev–Trinajstić information content (AvgIpc) is 2.34. The molecule has 0 aliphatic rings. The molecule has 92 valence electrons. The Morgan fingerprint density at radius 3 is 2.72 bits per heavy atom. The minimum absolute atomic E-state index is 0.0795. The van der Waals surface area contributed by atoms with Crippen LogP contribution in [-0.2, 0) is 0 Å². The second-order valence-corrected chi connectivity index (χ2v) is 4.25. The number of hydrogen-bond acceptors (Lipinski definition) is 5. The molecule has 0 radical (unpaired) electrons. The van der Waals surface area contributed by atoms with E-state index in [1.807, 2.05) is 0 Å². The molecule has 0 aliphatic carbocycles. The van der Waals surface area contributed by atoms with Gasteiger partial charge in [0.15, 0.2) is 10.9 Å². The van der Waals surface area contributed by atoms with Crippen molar-refractivity contribution in [1.29, 1.82) is 0 Å². The van der Waals surface area contributed by atoms with Crippen molar-refractivity contribution in [3.05, 3.63) is 50.3 Å². The first-order valence-electron chi connectivity index (χ1n) is 4.67. The lowest BCUT2D eigenvalue weighted by Gasteiger charge is -2.07. The third-order valence-corrected chi connectivity index (χ3v) is 3.03. The molecule has 18 heavy (non-hydrogen) atoms. The van der Waals surface area contributed by atoms with E-state index >= 15 is 0 Å². The summed E-state index contributed by atoms with van der Waals surface area (Å²) in [5.41, 5.74) is -0.104. The van der Waals surface area contributed by atoms with Crippen LogP contribution >= 0.6 is 27.5 Å². The Balaban J connectivity index is 2.39. The molecule has 0 amide bonds. The Kier molecular flexibility index (Phi) is 3.73. The molecule has 0 spiro atoms. The molecule has 0 bridgehead atoms. The number of hydrogen-bond donors (Lipinski definition) is 0. The van der Waals surface area contributed by atoms with Gasteiger partial charge in [-0.3, -0.25) is 10.1 Å². The zero-order valence-corrected chi connectivity index (χ0v) is 11.1. The Bertz CT molecular complexity index is 609. The summed E-state index contributed by atoms with van der Waals surface area (Å²) in [4.78, 5) is 17.9. The van der Waals surface area contributed by atoms with Gasteiger partial charge in [0.1, 0.15) is 4.47 Å². The highest BCUT2D eigenvalue weighted by molar-refractivity contribution is 9.10. The van der Waals surface area contributed by atoms with Crippen LogP contribution in [0, 0.1) is 10.1 Å². The van der Waals surface area contributed by atoms with Gasteiger partial charge in [0.2, 0.25) is 0 Å². The van der Waals surface area contributed by atoms with E-state index in [2.05, 4.69) is 25.9 Å². The van der Waals surface area contributed by atoms with Gasteiger partial charge >= 0.3 is 0 Å². The zero-order valence-electron chi connectivity index (χ0n) is 8.71. The van der Waals surface area contributed by atoms with Crippen LogP contribution in [0.5, 0.6) is 11.6 Å². The van der Waals surface area contributed by atoms with E-state index in [-0.39, 0.29) is 26.9 Å². The van der Waals surface area contributed by atoms with Crippen LogP contribution < -0.4 is 4.74 Å². The highest BCUT2D eigenvalue weighted by Gasteiger charge is 2.17. The molecular weight excluding hydrogens is 325 g/mol. The van der Waals surface area contributed by atoms with E-state index in [9.17, 15) is 10.1 Å². The largest absolute Gasteiger partial charge is 0.435 e. The van der Waals surface area contributed by atoms with E-state index in [0.717, 1.165) is 0 Å². The normalized spacial score (nSPS) is 10.1. The van der Waals surface area contributed by atoms with Crippen molar-refractivity contribution in [3.8, 4) is 11.6 Å². The van der Waals surface area contributed by atoms with Crippen LogP contribution in [0.2, 0.25) is 5.15 Å². The quantitative estimate of drug-likeness (QED) is 0.635. The lowest BCUT2D eigenvalue weighted by atomic mass is 10.3. The first-order chi connectivity index (χ1) is 8.59. The number of nitrogens with zero attached hydrogens (tertiary/aromatic N) is 3. The Morgan fingerprint density at radius 1 is 1.33 bits per heavy atom. The smallest absolute Gasteiger partial charge is 0.287 e. The van der Waals surface area contributed by atoms with Gasteiger partial charge in [0.25, 0.3) is 11.6 Å². The van der Waals surface area contributed by atoms with Gasteiger partial charge in [0.05, 0.1) is 4.92 Å². The third kappa shape index (κ3) is 2.57. The van der Waals surface area contributed by atoms with Crippen LogP contribution in [-0.4, -0.2) is 14.9 Å². The van der Waals surface area contributed by atoms with Crippen molar-refractivity contribution in [2.45, 2.75) is 0 Å². The lowest BCUT2D eigenvalue weighted by Crippen LogP contribution is -1.94. The van der Waals surface area contributed by atoms with Gasteiger partial charge in [0, 0.05) is 18.5 Å². The van der Waals surface area contributed by atoms with Crippen LogP contribution in [0.3, 0.4) is 0 Å². The maximum atomic E-state index is 10.8. The van der Waals surface area contributed by atoms with Crippen molar-refractivity contribution in [3.63, 3.8) is 0 Å². The summed E-state index contributed by atoms with van der Waals surface area (Å²) < 4.78 is 5.59. The fraction of sp³-hybridized carbons (Fsp3) is 0. The van der Waals surface area contributed by atoms with Crippen LogP contribution in [0.25, 0.3) is 0 Å². The van der Waals surface area contributed by atoms with E-state index < -0.39 is 4.92 Å². The van der Waals surface area contributed by atoms with Gasteiger partial charge in [-0.1, -0.05) is 17.7 Å². The van der Waals surface area contributed by atoms with Crippen molar-refractivity contribution >= 4 is 33.2 Å². The predicted molar refractivity (Wildman–Crippen MR) is 67.9 cm³/mol. The summed E-state index contributed by atoms with van der Waals surface area (Å²) in [6, 6.07) is 4.42. The molecular formula is C10H5BrClN3O3. The number of benzene rings is 1. The summed E-state index contributed by atoms with van der Waals surface area (Å²) >= 11 is 8.89. The maximum absolute atomic E-state index is 10.8. The Labute approximate surface area is 115 Å². The minimum atomic E-state index is -0.519. The monoisotopic (exact) mass is 329 g/mol. The number of nitro groups is 1. The summed E-state index contributed by atoms with van der Waals surface area (Å²) in [7, 11) is 0. The van der Waals surface area contributed by atoms with E-state index in [0.29, 0.717) is 0 Å². The topological polar surface area (TPSA) is 78.2 Å². The highest BCUT2D eigenvalue weighted by atomic mass is 79.9. The van der Waals surface area contributed by atoms with Crippen molar-refractivity contribution in [2.75, 3.05) is 0 Å². The molecule has 0 unspecified atom stereocenters. The molecule has 6 nitrogen and oxygen atoms in total. The molecule has 8 heteroatoms. The van der Waals surface area contributed by atoms with Crippen molar-refractivity contribution < 1.29 is 9.66 Å². The molecule has 1 aromatic carbocycles. The fourth-order valence-electron chi connectivity index (χ4n) is 1.20. The molecule has 0 saturated carbocycles. The minimum Gasteiger partial charge on any atom is -0.435 e. The summed E-state index contributed by atoms with van der Waals surface area (Å²) in [5.74, 6) is 0.326. The standard InChI is InChI=1S/C10H5BrClN3O3/c11-8-6(15(16)17)2-1-3-7(8)18-10-9(12)13-4-5-14-10/h1-5H. The molecule has 0 aliphatic heterocycles. The number of rotatable bonds is 3. The predicted octanol–water partition coefficient (Wildman–Crippen LogP) is 3.59. The summed E-state index contributed by atoms with van der Waals surface area (Å²) in [6.07, 6.45) is 2.82. The van der Waals surface area contributed by atoms with Crippen LogP contribution in [0.4, 0.5) is 5.69 Å². The van der Waals surface area contributed by atoms with Gasteiger partial charge < -0.3 is 4.74 Å². The molecule has 1 heterocycles. The average molecular weight is 331 g/mol. The number of aromatic nitrogens is 2. The molecule has 2 rings (SSSR count). The molecule has 0 fully saturated rings. The maximum Gasteiger partial charge on any atom is 0.287 e. The van der Waals surface area contributed by atoms with Gasteiger partial charge in [-0.05, 0) is 22.0 Å². The van der Waals surface area contributed by atoms with Crippen molar-refractivity contribution in [2.24, 2.45) is 0 Å². The number of ether oxygens (including phenoxy) is 1. The second kappa shape index (κ2) is 5.28. The zero-order chi connectivity index (χ0) is 13.1. The lowest BCUT2D eigenvalue weighted by molar-refractivity contribution is -0.385. The van der Waals surface area contributed by atoms with Crippen LogP contribution in [0.15, 0.2) is 35.1 Å². The molecule has 2 aromatic rings. The molecule has 0 N–H and O–H groups in total. The second-order valence-electron chi connectivity index (χ2n) is 3.10. The van der Waals surface area contributed by atoms with Gasteiger partial charge in [-0.2, -0.15) is 0 Å². The van der Waals surface area contributed by atoms with E-state index in [4.69, 9.17) is 16.3 Å². The number of nitro benzene ring substituents is 1. The fourth-order valence-corrected chi connectivity index (χ4v) is 1.83. The summed E-state index contributed by atoms with van der Waals surface area (Å²) in [5, 5.41) is 10.8. The van der Waals surface area contributed by atoms with Crippen molar-refractivity contribution in [1.82, 2.24) is 9.97 Å². The van der Waals surface area contributed by atoms with Gasteiger partial charge in [-0.25, -0.2) is 9.97 Å². The SMILES string of the molecule is O=[N+]([O-])c1cccc(Oc2nccnc2Cl)c1Br. The highest BCUT2D eigenvalue weighted by Crippen LogP contribution is 2.36. The van der Waals surface area contributed by atoms with Gasteiger partial charge in [-0.15, -0.1) is 0 Å². The number of halogens is 2. The Morgan fingerprint density at radius 2 is 2.06 bits per heavy atom. The first-order valence-corrected chi connectivity index (χ1v) is 5.84. The van der Waals surface area contributed by atoms with E-state index in [1.165, 1.54) is 24.5 Å². The molecule has 1 aromatic heterocycles. The Hall–Kier alpha value is -1.73. The summed E-state index contributed by atoms with van der Waals surface area (Å²) in [6.45, 7) is 0. The molecule has 0 atom stereocenters.